The molecule has 1 N–H and O–H groups in total. The number of rotatable bonds is 4. The summed E-state index contributed by atoms with van der Waals surface area (Å²) in [6.45, 7) is 9.93. The summed E-state index contributed by atoms with van der Waals surface area (Å²) in [5.74, 6) is 1.23. The molecule has 1 saturated heterocycles. The van der Waals surface area contributed by atoms with Gasteiger partial charge in [-0.2, -0.15) is 0 Å². The predicted octanol–water partition coefficient (Wildman–Crippen LogP) is 2.90. The Morgan fingerprint density at radius 3 is 2.37 bits per heavy atom. The van der Waals surface area contributed by atoms with Gasteiger partial charge in [0.2, 0.25) is 5.91 Å². The molecular weight excluding hydrogens is 236 g/mol. The first-order chi connectivity index (χ1) is 8.99. The van der Waals surface area contributed by atoms with Crippen molar-refractivity contribution in [2.24, 2.45) is 5.92 Å². The summed E-state index contributed by atoms with van der Waals surface area (Å²) >= 11 is 0. The van der Waals surface area contributed by atoms with Crippen molar-refractivity contribution >= 4 is 5.91 Å². The van der Waals surface area contributed by atoms with Gasteiger partial charge in [-0.1, -0.05) is 52.0 Å². The maximum atomic E-state index is 11.9. The average molecular weight is 260 g/mol. The number of carbonyl (C=O) groups excluding carboxylic acids is 1. The lowest BCUT2D eigenvalue weighted by atomic mass is 10.0. The van der Waals surface area contributed by atoms with Crippen LogP contribution in [0.1, 0.15) is 50.9 Å². The number of nitrogens with one attached hydrogen (secondary N) is 1. The molecule has 1 atom stereocenters. The van der Waals surface area contributed by atoms with Gasteiger partial charge in [0.1, 0.15) is 6.17 Å². The van der Waals surface area contributed by atoms with E-state index in [1.165, 1.54) is 11.1 Å². The summed E-state index contributed by atoms with van der Waals surface area (Å²) in [6, 6.07) is 8.61. The molecule has 1 heterocycles. The first-order valence-electron chi connectivity index (χ1n) is 7.11. The number of amides is 1. The van der Waals surface area contributed by atoms with Crippen molar-refractivity contribution in [3.8, 4) is 0 Å². The highest BCUT2D eigenvalue weighted by molar-refractivity contribution is 5.80. The first kappa shape index (κ1) is 14.1. The van der Waals surface area contributed by atoms with Crippen LogP contribution in [-0.2, 0) is 4.79 Å². The molecule has 0 radical (unpaired) electrons. The van der Waals surface area contributed by atoms with Crippen LogP contribution < -0.4 is 5.32 Å². The van der Waals surface area contributed by atoms with Gasteiger partial charge in [-0.3, -0.25) is 10.1 Å². The summed E-state index contributed by atoms with van der Waals surface area (Å²) < 4.78 is 0. The van der Waals surface area contributed by atoms with E-state index in [0.717, 1.165) is 6.54 Å². The van der Waals surface area contributed by atoms with E-state index in [0.29, 0.717) is 18.4 Å². The molecular formula is C16H24N2O. The van der Waals surface area contributed by atoms with Gasteiger partial charge < -0.3 is 4.90 Å². The molecule has 0 aliphatic carbocycles. The lowest BCUT2D eigenvalue weighted by molar-refractivity contribution is -0.128. The van der Waals surface area contributed by atoms with Crippen molar-refractivity contribution in [2.75, 3.05) is 13.1 Å². The lowest BCUT2D eigenvalue weighted by Gasteiger charge is -2.26. The monoisotopic (exact) mass is 260 g/mol. The molecule has 1 aromatic rings. The molecule has 2 rings (SSSR count). The highest BCUT2D eigenvalue weighted by Gasteiger charge is 2.31. The fourth-order valence-electron chi connectivity index (χ4n) is 2.50. The summed E-state index contributed by atoms with van der Waals surface area (Å²) in [6.07, 6.45) is 0.0381. The topological polar surface area (TPSA) is 32.3 Å². The molecule has 1 fully saturated rings. The molecule has 3 nitrogen and oxygen atoms in total. The molecule has 0 saturated carbocycles. The van der Waals surface area contributed by atoms with E-state index in [2.05, 4.69) is 57.3 Å². The molecule has 104 valence electrons. The smallest absolute Gasteiger partial charge is 0.238 e. The van der Waals surface area contributed by atoms with Crippen molar-refractivity contribution in [1.82, 2.24) is 10.2 Å². The number of carbonyl (C=O) groups is 1. The van der Waals surface area contributed by atoms with Gasteiger partial charge in [0.25, 0.3) is 0 Å². The second-order valence-corrected chi connectivity index (χ2v) is 6.04. The molecule has 1 aliphatic rings. The van der Waals surface area contributed by atoms with Gasteiger partial charge in [0.05, 0.1) is 6.54 Å². The van der Waals surface area contributed by atoms with E-state index in [-0.39, 0.29) is 12.1 Å². The molecule has 0 aromatic heterocycles. The minimum absolute atomic E-state index is 0.0381. The number of nitrogens with zero attached hydrogens (tertiary/aromatic N) is 1. The normalized spacial score (nSPS) is 19.8. The van der Waals surface area contributed by atoms with Gasteiger partial charge in [0.15, 0.2) is 0 Å². The zero-order valence-corrected chi connectivity index (χ0v) is 12.3. The fourth-order valence-corrected chi connectivity index (χ4v) is 2.50. The summed E-state index contributed by atoms with van der Waals surface area (Å²) in [7, 11) is 0. The Kier molecular flexibility index (Phi) is 4.25. The highest BCUT2D eigenvalue weighted by atomic mass is 16.2. The van der Waals surface area contributed by atoms with Crippen molar-refractivity contribution in [1.29, 1.82) is 0 Å². The van der Waals surface area contributed by atoms with E-state index in [9.17, 15) is 4.79 Å². The van der Waals surface area contributed by atoms with E-state index in [4.69, 9.17) is 0 Å². The quantitative estimate of drug-likeness (QED) is 0.903. The summed E-state index contributed by atoms with van der Waals surface area (Å²) in [4.78, 5) is 13.9. The van der Waals surface area contributed by atoms with Crippen LogP contribution in [0.4, 0.5) is 0 Å². The third-order valence-corrected chi connectivity index (χ3v) is 3.56. The average Bonchev–Trinajstić information content (AvgIpc) is 2.71. The Morgan fingerprint density at radius 1 is 1.21 bits per heavy atom. The third-order valence-electron chi connectivity index (χ3n) is 3.56. The maximum Gasteiger partial charge on any atom is 0.238 e. The molecule has 3 heteroatoms. The highest BCUT2D eigenvalue weighted by Crippen LogP contribution is 2.25. The second kappa shape index (κ2) is 5.74. The fraction of sp³-hybridized carbons (Fsp3) is 0.562. The number of hydrogen-bond donors (Lipinski definition) is 1. The van der Waals surface area contributed by atoms with Crippen LogP contribution >= 0.6 is 0 Å². The molecule has 1 unspecified atom stereocenters. The van der Waals surface area contributed by atoms with E-state index in [1.807, 2.05) is 4.90 Å². The molecule has 1 aromatic carbocycles. The second-order valence-electron chi connectivity index (χ2n) is 6.04. The largest absolute Gasteiger partial charge is 0.322 e. The summed E-state index contributed by atoms with van der Waals surface area (Å²) in [5.41, 5.74) is 2.51. The van der Waals surface area contributed by atoms with Crippen LogP contribution in [0.25, 0.3) is 0 Å². The zero-order valence-electron chi connectivity index (χ0n) is 12.3. The Hall–Kier alpha value is -1.35. The molecule has 1 amide bonds. The van der Waals surface area contributed by atoms with Crippen molar-refractivity contribution in [2.45, 2.75) is 39.8 Å². The molecule has 0 spiro atoms. The van der Waals surface area contributed by atoms with Gasteiger partial charge in [0, 0.05) is 6.54 Å². The van der Waals surface area contributed by atoms with E-state index < -0.39 is 0 Å². The van der Waals surface area contributed by atoms with Crippen LogP contribution in [0.5, 0.6) is 0 Å². The van der Waals surface area contributed by atoms with E-state index in [1.54, 1.807) is 0 Å². The van der Waals surface area contributed by atoms with Gasteiger partial charge >= 0.3 is 0 Å². The third kappa shape index (κ3) is 3.16. The van der Waals surface area contributed by atoms with Crippen LogP contribution in [0, 0.1) is 5.92 Å². The lowest BCUT2D eigenvalue weighted by Crippen LogP contribution is -2.33. The minimum atomic E-state index is 0.0381. The Labute approximate surface area is 116 Å². The van der Waals surface area contributed by atoms with Crippen LogP contribution in [0.15, 0.2) is 24.3 Å². The van der Waals surface area contributed by atoms with Gasteiger partial charge in [-0.05, 0) is 23.0 Å². The first-order valence-corrected chi connectivity index (χ1v) is 7.11. The Morgan fingerprint density at radius 2 is 1.84 bits per heavy atom. The van der Waals surface area contributed by atoms with Crippen molar-refractivity contribution < 1.29 is 4.79 Å². The predicted molar refractivity (Wildman–Crippen MR) is 77.8 cm³/mol. The van der Waals surface area contributed by atoms with Gasteiger partial charge in [-0.15, -0.1) is 0 Å². The molecule has 19 heavy (non-hydrogen) atoms. The molecule has 1 aliphatic heterocycles. The number of hydrogen-bond acceptors (Lipinski definition) is 2. The van der Waals surface area contributed by atoms with Crippen molar-refractivity contribution in [3.05, 3.63) is 35.4 Å². The Balaban J connectivity index is 2.17. The van der Waals surface area contributed by atoms with Gasteiger partial charge in [-0.25, -0.2) is 0 Å². The van der Waals surface area contributed by atoms with Crippen LogP contribution in [0.3, 0.4) is 0 Å². The van der Waals surface area contributed by atoms with Crippen LogP contribution in [-0.4, -0.2) is 23.9 Å². The van der Waals surface area contributed by atoms with Crippen molar-refractivity contribution in [3.63, 3.8) is 0 Å². The zero-order chi connectivity index (χ0) is 14.0. The SMILES string of the molecule is CC(C)CN1C(=O)CNC1c1ccc(C(C)C)cc1. The number of benzene rings is 1. The Bertz CT molecular complexity index is 437. The maximum absolute atomic E-state index is 11.9. The minimum Gasteiger partial charge on any atom is -0.322 e. The standard InChI is InChI=1S/C16H24N2O/c1-11(2)10-18-15(19)9-17-16(18)14-7-5-13(6-8-14)12(3)4/h5-8,11-12,16-17H,9-10H2,1-4H3. The molecule has 0 bridgehead atoms. The van der Waals surface area contributed by atoms with E-state index >= 15 is 0 Å². The summed E-state index contributed by atoms with van der Waals surface area (Å²) in [5, 5.41) is 3.30. The van der Waals surface area contributed by atoms with Crippen LogP contribution in [0.2, 0.25) is 0 Å².